The number of carbonyl (C=O) groups is 2. The van der Waals surface area contributed by atoms with Gasteiger partial charge in [-0.2, -0.15) is 0 Å². The number of ketones is 2. The summed E-state index contributed by atoms with van der Waals surface area (Å²) in [7, 11) is 0. The SMILES string of the molecule is CC(=O)C(=O)C[C@@H]1NC1C1=CC=C(I)CNC1. The van der Waals surface area contributed by atoms with E-state index in [2.05, 4.69) is 45.4 Å². The summed E-state index contributed by atoms with van der Waals surface area (Å²) in [6, 6.07) is 0.396. The van der Waals surface area contributed by atoms with E-state index in [0.29, 0.717) is 6.42 Å². The van der Waals surface area contributed by atoms with E-state index >= 15 is 0 Å². The molecule has 5 heteroatoms. The summed E-state index contributed by atoms with van der Waals surface area (Å²) in [6.07, 6.45) is 4.52. The van der Waals surface area contributed by atoms with Crippen molar-refractivity contribution in [3.8, 4) is 0 Å². The van der Waals surface area contributed by atoms with Crippen LogP contribution in [0.15, 0.2) is 21.3 Å². The van der Waals surface area contributed by atoms with Gasteiger partial charge in [-0.1, -0.05) is 12.2 Å². The van der Waals surface area contributed by atoms with Crippen LogP contribution in [0, 0.1) is 0 Å². The smallest absolute Gasteiger partial charge is 0.199 e. The molecule has 0 aromatic carbocycles. The molecule has 2 atom stereocenters. The van der Waals surface area contributed by atoms with Gasteiger partial charge in [-0.15, -0.1) is 0 Å². The highest BCUT2D eigenvalue weighted by Gasteiger charge is 2.40. The highest BCUT2D eigenvalue weighted by Crippen LogP contribution is 2.24. The first-order valence-corrected chi connectivity index (χ1v) is 6.71. The number of carbonyl (C=O) groups excluding carboxylic acids is 2. The summed E-state index contributed by atoms with van der Waals surface area (Å²) in [4.78, 5) is 22.2. The molecule has 4 nitrogen and oxygen atoms in total. The third-order valence-corrected chi connectivity index (χ3v) is 3.73. The van der Waals surface area contributed by atoms with E-state index in [1.807, 2.05) is 0 Å². The fourth-order valence-corrected chi connectivity index (χ4v) is 2.37. The molecule has 0 spiro atoms. The number of nitrogens with one attached hydrogen (secondary N) is 2. The van der Waals surface area contributed by atoms with Gasteiger partial charge >= 0.3 is 0 Å². The van der Waals surface area contributed by atoms with Crippen LogP contribution in [0.25, 0.3) is 0 Å². The van der Waals surface area contributed by atoms with Gasteiger partial charge in [-0.3, -0.25) is 9.59 Å². The van der Waals surface area contributed by atoms with Crippen molar-refractivity contribution in [1.29, 1.82) is 0 Å². The number of allylic oxidation sites excluding steroid dienone is 2. The van der Waals surface area contributed by atoms with E-state index in [4.69, 9.17) is 0 Å². The zero-order valence-corrected chi connectivity index (χ0v) is 11.8. The maximum Gasteiger partial charge on any atom is 0.199 e. The van der Waals surface area contributed by atoms with Crippen LogP contribution in [0.1, 0.15) is 13.3 Å². The van der Waals surface area contributed by atoms with Crippen LogP contribution in [0.2, 0.25) is 0 Å². The van der Waals surface area contributed by atoms with Gasteiger partial charge < -0.3 is 10.6 Å². The second-order valence-corrected chi connectivity index (χ2v) is 5.78. The van der Waals surface area contributed by atoms with Crippen molar-refractivity contribution in [2.24, 2.45) is 0 Å². The number of hydrogen-bond donors (Lipinski definition) is 2. The molecule has 0 aromatic heterocycles. The highest BCUT2D eigenvalue weighted by molar-refractivity contribution is 14.1. The van der Waals surface area contributed by atoms with E-state index in [1.54, 1.807) is 0 Å². The Kier molecular flexibility index (Phi) is 4.11. The summed E-state index contributed by atoms with van der Waals surface area (Å²) in [5.74, 6) is -0.628. The second kappa shape index (κ2) is 5.41. The van der Waals surface area contributed by atoms with Gasteiger partial charge in [0.2, 0.25) is 0 Å². The molecule has 17 heavy (non-hydrogen) atoms. The van der Waals surface area contributed by atoms with E-state index in [-0.39, 0.29) is 23.7 Å². The lowest BCUT2D eigenvalue weighted by Crippen LogP contribution is -2.20. The van der Waals surface area contributed by atoms with E-state index in [0.717, 1.165) is 13.1 Å². The van der Waals surface area contributed by atoms with Crippen LogP contribution < -0.4 is 10.6 Å². The zero-order valence-electron chi connectivity index (χ0n) is 9.63. The average molecular weight is 346 g/mol. The molecule has 1 saturated heterocycles. The van der Waals surface area contributed by atoms with Crippen molar-refractivity contribution in [2.75, 3.05) is 13.1 Å². The Hall–Kier alpha value is -0.530. The molecular weight excluding hydrogens is 331 g/mol. The Morgan fingerprint density at radius 2 is 2.18 bits per heavy atom. The molecule has 2 N–H and O–H groups in total. The lowest BCUT2D eigenvalue weighted by molar-refractivity contribution is -0.135. The number of rotatable bonds is 4. The van der Waals surface area contributed by atoms with Crippen LogP contribution in [-0.2, 0) is 9.59 Å². The highest BCUT2D eigenvalue weighted by atomic mass is 127. The number of hydrogen-bond acceptors (Lipinski definition) is 4. The Balaban J connectivity index is 1.90. The van der Waals surface area contributed by atoms with Crippen molar-refractivity contribution < 1.29 is 9.59 Å². The van der Waals surface area contributed by atoms with Crippen molar-refractivity contribution in [3.63, 3.8) is 0 Å². The third-order valence-electron chi connectivity index (χ3n) is 2.99. The number of Topliss-reactive ketones (excluding diaryl/α,β-unsaturated/α-hetero) is 2. The molecule has 2 aliphatic heterocycles. The van der Waals surface area contributed by atoms with Gasteiger partial charge in [0.25, 0.3) is 0 Å². The van der Waals surface area contributed by atoms with Crippen molar-refractivity contribution in [1.82, 2.24) is 10.6 Å². The first-order valence-electron chi connectivity index (χ1n) is 5.63. The maximum atomic E-state index is 11.3. The molecular formula is C12H15IN2O2. The third kappa shape index (κ3) is 3.46. The van der Waals surface area contributed by atoms with Gasteiger partial charge in [0.15, 0.2) is 11.6 Å². The normalized spacial score (nSPS) is 27.9. The van der Waals surface area contributed by atoms with Crippen LogP contribution in [0.4, 0.5) is 0 Å². The standard InChI is InChI=1S/C12H15IN2O2/c1-7(16)11(17)4-10-12(15-10)8-2-3-9(13)6-14-5-8/h2-3,10,12,14-15H,4-6H2,1H3/t10-,12?/m0/s1. The molecule has 2 aliphatic rings. The topological polar surface area (TPSA) is 68.1 Å². The summed E-state index contributed by atoms with van der Waals surface area (Å²) in [5, 5.41) is 6.58. The van der Waals surface area contributed by atoms with E-state index < -0.39 is 0 Å². The van der Waals surface area contributed by atoms with Crippen molar-refractivity contribution in [2.45, 2.75) is 25.4 Å². The van der Waals surface area contributed by atoms with Gasteiger partial charge in [0.05, 0.1) is 0 Å². The molecule has 0 bridgehead atoms. The van der Waals surface area contributed by atoms with Crippen LogP contribution in [-0.4, -0.2) is 36.7 Å². The first-order chi connectivity index (χ1) is 8.08. The largest absolute Gasteiger partial charge is 0.308 e. The predicted octanol–water partition coefficient (Wildman–Crippen LogP) is 0.723. The Bertz CT molecular complexity index is 415. The van der Waals surface area contributed by atoms with Gasteiger partial charge in [-0.25, -0.2) is 0 Å². The lowest BCUT2D eigenvalue weighted by Gasteiger charge is -2.03. The van der Waals surface area contributed by atoms with E-state index in [9.17, 15) is 9.59 Å². The predicted molar refractivity (Wildman–Crippen MR) is 74.1 cm³/mol. The maximum absolute atomic E-state index is 11.3. The number of halogens is 1. The summed E-state index contributed by atoms with van der Waals surface area (Å²) < 4.78 is 1.27. The van der Waals surface area contributed by atoms with Crippen LogP contribution in [0.5, 0.6) is 0 Å². The fourth-order valence-electron chi connectivity index (χ4n) is 1.92. The summed E-state index contributed by atoms with van der Waals surface area (Å²) in [6.45, 7) is 3.06. The van der Waals surface area contributed by atoms with Crippen molar-refractivity contribution in [3.05, 3.63) is 21.3 Å². The Morgan fingerprint density at radius 3 is 2.88 bits per heavy atom. The monoisotopic (exact) mass is 346 g/mol. The van der Waals surface area contributed by atoms with Crippen molar-refractivity contribution >= 4 is 34.2 Å². The first kappa shape index (κ1) is 12.9. The Labute approximate surface area is 114 Å². The zero-order chi connectivity index (χ0) is 12.4. The summed E-state index contributed by atoms with van der Waals surface area (Å²) >= 11 is 2.30. The second-order valence-electron chi connectivity index (χ2n) is 4.39. The molecule has 2 rings (SSSR count). The van der Waals surface area contributed by atoms with Crippen LogP contribution in [0.3, 0.4) is 0 Å². The molecule has 0 saturated carbocycles. The average Bonchev–Trinajstić information content (AvgIpc) is 3.02. The molecule has 1 unspecified atom stereocenters. The quantitative estimate of drug-likeness (QED) is 0.447. The molecule has 0 amide bonds. The molecule has 1 fully saturated rings. The Morgan fingerprint density at radius 1 is 1.41 bits per heavy atom. The lowest BCUT2D eigenvalue weighted by atomic mass is 10.1. The fraction of sp³-hybridized carbons (Fsp3) is 0.500. The summed E-state index contributed by atoms with van der Waals surface area (Å²) in [5.41, 5.74) is 1.26. The minimum atomic E-state index is -0.347. The molecule has 0 aliphatic carbocycles. The van der Waals surface area contributed by atoms with Gasteiger partial charge in [0, 0.05) is 42.1 Å². The molecule has 0 radical (unpaired) electrons. The molecule has 2 heterocycles. The van der Waals surface area contributed by atoms with E-state index in [1.165, 1.54) is 16.1 Å². The van der Waals surface area contributed by atoms with Gasteiger partial charge in [-0.05, 0) is 28.2 Å². The minimum Gasteiger partial charge on any atom is -0.308 e. The molecule has 92 valence electrons. The minimum absolute atomic E-state index is 0.142. The van der Waals surface area contributed by atoms with Gasteiger partial charge in [0.1, 0.15) is 0 Å². The van der Waals surface area contributed by atoms with Crippen LogP contribution >= 0.6 is 22.6 Å². The molecule has 0 aromatic rings.